The summed E-state index contributed by atoms with van der Waals surface area (Å²) in [5, 5.41) is 4.54. The zero-order valence-corrected chi connectivity index (χ0v) is 15.6. The van der Waals surface area contributed by atoms with Crippen LogP contribution in [0.3, 0.4) is 0 Å². The van der Waals surface area contributed by atoms with Crippen LogP contribution in [0, 0.1) is 27.7 Å². The van der Waals surface area contributed by atoms with Crippen LogP contribution in [-0.4, -0.2) is 0 Å². The number of hydrogen-bond donors (Lipinski definition) is 0. The highest BCUT2D eigenvalue weighted by atomic mass is 14.9. The third-order valence-corrected chi connectivity index (χ3v) is 5.40. The Kier molecular flexibility index (Phi) is 3.34. The van der Waals surface area contributed by atoms with Crippen LogP contribution < -0.4 is 4.57 Å². The maximum atomic E-state index is 8.79. The molecule has 1 aromatic heterocycles. The van der Waals surface area contributed by atoms with E-state index in [1.165, 1.54) is 33.3 Å². The molecule has 4 rings (SSSR count). The van der Waals surface area contributed by atoms with E-state index in [2.05, 4.69) is 80.9 Å². The average Bonchev–Trinajstić information content (AvgIpc) is 2.63. The molecule has 4 aromatic rings. The molecule has 0 saturated carbocycles. The van der Waals surface area contributed by atoms with Crippen molar-refractivity contribution in [3.63, 3.8) is 0 Å². The topological polar surface area (TPSA) is 3.88 Å². The molecule has 0 atom stereocenters. The Balaban J connectivity index is 2.26. The highest BCUT2D eigenvalue weighted by Gasteiger charge is 2.21. The number of hydrogen-bond acceptors (Lipinski definition) is 0. The molecule has 1 nitrogen and oxygen atoms in total. The summed E-state index contributed by atoms with van der Waals surface area (Å²) in [7, 11) is 2.08. The van der Waals surface area contributed by atoms with Crippen LogP contribution in [0.4, 0.5) is 0 Å². The van der Waals surface area contributed by atoms with E-state index in [0.29, 0.717) is 6.04 Å². The van der Waals surface area contributed by atoms with E-state index in [4.69, 9.17) is 1.37 Å². The van der Waals surface area contributed by atoms with Crippen LogP contribution in [-0.2, 0) is 7.05 Å². The third kappa shape index (κ3) is 2.42. The monoisotopic (exact) mass is 327 g/mol. The van der Waals surface area contributed by atoms with Gasteiger partial charge in [-0.2, -0.15) is 4.57 Å². The molecule has 0 unspecified atom stereocenters. The van der Waals surface area contributed by atoms with Crippen molar-refractivity contribution in [3.05, 3.63) is 77.0 Å². The lowest BCUT2D eigenvalue weighted by atomic mass is 9.92. The van der Waals surface area contributed by atoms with Gasteiger partial charge in [-0.1, -0.05) is 42.0 Å². The molecule has 0 amide bonds. The van der Waals surface area contributed by atoms with Crippen LogP contribution in [0.5, 0.6) is 0 Å². The molecule has 0 N–H and O–H groups in total. The van der Waals surface area contributed by atoms with Gasteiger partial charge in [0.25, 0.3) is 0 Å². The average molecular weight is 327 g/mol. The predicted octanol–water partition coefficient (Wildman–Crippen LogP) is 5.72. The Morgan fingerprint density at radius 1 is 0.840 bits per heavy atom. The SMILES string of the molecule is [2H]c1c(C)[n+](C)c(-c2cc(C)cc(C)c2C)c2ccc3ccccc3c12. The Bertz CT molecular complexity index is 1190. The second kappa shape index (κ2) is 5.70. The fourth-order valence-electron chi connectivity index (χ4n) is 3.83. The van der Waals surface area contributed by atoms with Crippen molar-refractivity contribution in [2.45, 2.75) is 27.7 Å². The molecular weight excluding hydrogens is 302 g/mol. The first-order valence-corrected chi connectivity index (χ1v) is 8.79. The van der Waals surface area contributed by atoms with E-state index in [0.717, 1.165) is 21.9 Å². The fourth-order valence-corrected chi connectivity index (χ4v) is 3.83. The van der Waals surface area contributed by atoms with E-state index >= 15 is 0 Å². The largest absolute Gasteiger partial charge is 0.220 e. The lowest BCUT2D eigenvalue weighted by molar-refractivity contribution is -0.665. The minimum Gasteiger partial charge on any atom is -0.198 e. The van der Waals surface area contributed by atoms with Gasteiger partial charge in [-0.15, -0.1) is 0 Å². The van der Waals surface area contributed by atoms with Crippen molar-refractivity contribution < 1.29 is 5.94 Å². The van der Waals surface area contributed by atoms with Gasteiger partial charge in [0, 0.05) is 18.4 Å². The van der Waals surface area contributed by atoms with Crippen molar-refractivity contribution in [1.82, 2.24) is 0 Å². The summed E-state index contributed by atoms with van der Waals surface area (Å²) in [6.07, 6.45) is 0. The second-order valence-electron chi connectivity index (χ2n) is 7.08. The predicted molar refractivity (Wildman–Crippen MR) is 107 cm³/mol. The van der Waals surface area contributed by atoms with Gasteiger partial charge in [0.05, 0.1) is 12.3 Å². The van der Waals surface area contributed by atoms with Crippen LogP contribution >= 0.6 is 0 Å². The number of pyridine rings is 1. The fraction of sp³-hybridized carbons (Fsp3) is 0.208. The molecule has 3 aromatic carbocycles. The first-order valence-electron chi connectivity index (χ1n) is 9.29. The summed E-state index contributed by atoms with van der Waals surface area (Å²) in [5.41, 5.74) is 7.32. The van der Waals surface area contributed by atoms with Crippen LogP contribution in [0.2, 0.25) is 0 Å². The smallest absolute Gasteiger partial charge is 0.198 e. The highest BCUT2D eigenvalue weighted by Crippen LogP contribution is 2.34. The molecule has 0 bridgehead atoms. The lowest BCUT2D eigenvalue weighted by Crippen LogP contribution is -2.35. The molecule has 0 aliphatic carbocycles. The molecule has 0 radical (unpaired) electrons. The normalized spacial score (nSPS) is 12.0. The van der Waals surface area contributed by atoms with Gasteiger partial charge in [0.2, 0.25) is 5.69 Å². The van der Waals surface area contributed by atoms with Crippen molar-refractivity contribution in [2.75, 3.05) is 0 Å². The molecule has 0 aliphatic rings. The molecule has 0 saturated heterocycles. The molecule has 1 heterocycles. The molecule has 0 fully saturated rings. The van der Waals surface area contributed by atoms with Crippen molar-refractivity contribution in [1.29, 1.82) is 0 Å². The van der Waals surface area contributed by atoms with E-state index in [-0.39, 0.29) is 0 Å². The lowest BCUT2D eigenvalue weighted by Gasteiger charge is -2.14. The van der Waals surface area contributed by atoms with Gasteiger partial charge < -0.3 is 0 Å². The number of nitrogens with zero attached hydrogens (tertiary/aromatic N) is 1. The van der Waals surface area contributed by atoms with Gasteiger partial charge in [-0.25, -0.2) is 0 Å². The van der Waals surface area contributed by atoms with Crippen LogP contribution in [0.15, 0.2) is 54.6 Å². The van der Waals surface area contributed by atoms with E-state index in [9.17, 15) is 0 Å². The molecule has 0 aliphatic heterocycles. The molecular formula is C24H24N+. The highest BCUT2D eigenvalue weighted by molar-refractivity contribution is 6.10. The van der Waals surface area contributed by atoms with Gasteiger partial charge >= 0.3 is 0 Å². The van der Waals surface area contributed by atoms with E-state index in [1.54, 1.807) is 0 Å². The number of rotatable bonds is 1. The van der Waals surface area contributed by atoms with Gasteiger partial charge in [-0.3, -0.25) is 0 Å². The van der Waals surface area contributed by atoms with Gasteiger partial charge in [0.15, 0.2) is 5.69 Å². The zero-order chi connectivity index (χ0) is 18.6. The quantitative estimate of drug-likeness (QED) is 0.311. The standard InChI is InChI=1S/C24H24N/c1-15-12-16(2)18(4)22(13-15)24-21-11-10-19-8-6-7-9-20(19)23(21)14-17(3)25(24)5/h6-14H,1-5H3/q+1/i14D. The number of aryl methyl sites for hydroxylation is 2. The Hall–Kier alpha value is -2.67. The van der Waals surface area contributed by atoms with E-state index in [1.807, 2.05) is 6.92 Å². The molecule has 124 valence electrons. The minimum absolute atomic E-state index is 0.616. The number of aromatic nitrogens is 1. The van der Waals surface area contributed by atoms with Gasteiger partial charge in [0.1, 0.15) is 7.05 Å². The first kappa shape index (κ1) is 14.7. The van der Waals surface area contributed by atoms with Crippen LogP contribution in [0.25, 0.3) is 32.8 Å². The number of benzene rings is 3. The Morgan fingerprint density at radius 3 is 2.40 bits per heavy atom. The van der Waals surface area contributed by atoms with Gasteiger partial charge in [-0.05, 0) is 54.8 Å². The van der Waals surface area contributed by atoms with E-state index < -0.39 is 0 Å². The Labute approximate surface area is 151 Å². The summed E-state index contributed by atoms with van der Waals surface area (Å²) in [4.78, 5) is 0. The molecule has 0 spiro atoms. The number of fused-ring (bicyclic) bond motifs is 3. The van der Waals surface area contributed by atoms with Crippen molar-refractivity contribution >= 4 is 21.5 Å². The summed E-state index contributed by atoms with van der Waals surface area (Å²) in [5.74, 6) is 0. The Morgan fingerprint density at radius 2 is 1.60 bits per heavy atom. The maximum absolute atomic E-state index is 8.79. The summed E-state index contributed by atoms with van der Waals surface area (Å²) in [6.45, 7) is 8.57. The first-order chi connectivity index (χ1) is 12.4. The summed E-state index contributed by atoms with van der Waals surface area (Å²) in [6, 6.07) is 17.9. The zero-order valence-electron chi connectivity index (χ0n) is 16.6. The maximum Gasteiger partial charge on any atom is 0.220 e. The van der Waals surface area contributed by atoms with Crippen molar-refractivity contribution in [3.8, 4) is 11.3 Å². The summed E-state index contributed by atoms with van der Waals surface area (Å²) >= 11 is 0. The third-order valence-electron chi connectivity index (χ3n) is 5.40. The summed E-state index contributed by atoms with van der Waals surface area (Å²) < 4.78 is 11.0. The second-order valence-corrected chi connectivity index (χ2v) is 7.08. The van der Waals surface area contributed by atoms with Crippen LogP contribution in [0.1, 0.15) is 23.8 Å². The molecule has 1 heteroatoms. The minimum atomic E-state index is 0.616. The van der Waals surface area contributed by atoms with Crippen molar-refractivity contribution in [2.24, 2.45) is 7.05 Å². The molecule has 25 heavy (non-hydrogen) atoms.